The lowest BCUT2D eigenvalue weighted by Crippen LogP contribution is -2.20. The van der Waals surface area contributed by atoms with E-state index in [2.05, 4.69) is 46.9 Å². The Labute approximate surface area is 231 Å². The molecule has 1 aliphatic rings. The third-order valence-electron chi connectivity index (χ3n) is 6.14. The van der Waals surface area contributed by atoms with Crippen LogP contribution in [-0.4, -0.2) is 24.5 Å². The van der Waals surface area contributed by atoms with Crippen molar-refractivity contribution in [2.24, 2.45) is 5.10 Å². The first-order chi connectivity index (χ1) is 18.6. The highest BCUT2D eigenvalue weighted by Crippen LogP contribution is 2.49. The van der Waals surface area contributed by atoms with E-state index in [1.165, 1.54) is 22.3 Å². The van der Waals surface area contributed by atoms with Crippen molar-refractivity contribution < 1.29 is 14.3 Å². The van der Waals surface area contributed by atoms with Gasteiger partial charge in [0.1, 0.15) is 6.61 Å². The molecule has 0 fully saturated rings. The van der Waals surface area contributed by atoms with Crippen molar-refractivity contribution in [1.82, 2.24) is 5.43 Å². The third kappa shape index (κ3) is 6.04. The number of thioether (sulfide) groups is 1. The first-order valence-corrected chi connectivity index (χ1v) is 13.8. The van der Waals surface area contributed by atoms with Crippen molar-refractivity contribution >= 4 is 35.5 Å². The number of amides is 1. The van der Waals surface area contributed by atoms with E-state index < -0.39 is 0 Å². The molecular formula is C31H27ClN2O3S. The van der Waals surface area contributed by atoms with Gasteiger partial charge in [-0.15, -0.1) is 11.8 Å². The van der Waals surface area contributed by atoms with Gasteiger partial charge in [-0.2, -0.15) is 5.10 Å². The molecule has 1 amide bonds. The predicted octanol–water partition coefficient (Wildman–Crippen LogP) is 7.27. The topological polar surface area (TPSA) is 59.9 Å². The summed E-state index contributed by atoms with van der Waals surface area (Å²) in [6, 6.07) is 29.9. The number of hydrogen-bond acceptors (Lipinski definition) is 5. The van der Waals surface area contributed by atoms with Crippen LogP contribution in [0.5, 0.6) is 11.5 Å². The standard InChI is InChI=1S/C31H27ClN2O3S/c1-2-36-29-17-22(13-16-28(29)37-19-21-11-14-23(32)15-12-21)18-33-34-30(35)20-38-31-26-9-5-3-7-24(26)25-8-4-6-10-27(25)31/h3-18,31H,2,19-20H2,1H3,(H,34,35)/b33-18-. The van der Waals surface area contributed by atoms with Gasteiger partial charge in [-0.05, 0) is 70.6 Å². The fourth-order valence-electron chi connectivity index (χ4n) is 4.39. The fraction of sp³-hybridized carbons (Fsp3) is 0.161. The summed E-state index contributed by atoms with van der Waals surface area (Å²) in [6.45, 7) is 2.82. The van der Waals surface area contributed by atoms with Crippen molar-refractivity contribution in [3.63, 3.8) is 0 Å². The number of fused-ring (bicyclic) bond motifs is 3. The molecule has 0 radical (unpaired) electrons. The van der Waals surface area contributed by atoms with Crippen LogP contribution >= 0.6 is 23.4 Å². The Balaban J connectivity index is 1.18. The van der Waals surface area contributed by atoms with Gasteiger partial charge in [0.2, 0.25) is 5.91 Å². The average molecular weight is 543 g/mol. The van der Waals surface area contributed by atoms with Crippen LogP contribution in [0.3, 0.4) is 0 Å². The van der Waals surface area contributed by atoms with E-state index in [1.54, 1.807) is 18.0 Å². The van der Waals surface area contributed by atoms with Crippen molar-refractivity contribution in [1.29, 1.82) is 0 Å². The van der Waals surface area contributed by atoms with Gasteiger partial charge in [-0.1, -0.05) is 72.3 Å². The first kappa shape index (κ1) is 25.9. The van der Waals surface area contributed by atoms with Crippen LogP contribution in [0, 0.1) is 0 Å². The minimum absolute atomic E-state index is 0.131. The van der Waals surface area contributed by atoms with Crippen LogP contribution in [-0.2, 0) is 11.4 Å². The molecule has 0 saturated heterocycles. The molecule has 0 unspecified atom stereocenters. The Hall–Kier alpha value is -3.74. The van der Waals surface area contributed by atoms with Gasteiger partial charge in [-0.25, -0.2) is 5.43 Å². The number of halogens is 1. The summed E-state index contributed by atoms with van der Waals surface area (Å²) in [6.07, 6.45) is 1.61. The van der Waals surface area contributed by atoms with Crippen LogP contribution in [0.25, 0.3) is 11.1 Å². The molecule has 0 saturated carbocycles. The highest BCUT2D eigenvalue weighted by atomic mass is 35.5. The number of nitrogens with one attached hydrogen (secondary N) is 1. The van der Waals surface area contributed by atoms with Gasteiger partial charge < -0.3 is 9.47 Å². The minimum atomic E-state index is -0.152. The summed E-state index contributed by atoms with van der Waals surface area (Å²) in [5.41, 5.74) is 9.42. The van der Waals surface area contributed by atoms with E-state index in [0.29, 0.717) is 35.5 Å². The second-order valence-corrected chi connectivity index (χ2v) is 10.2. The Morgan fingerprint density at radius 1 is 0.921 bits per heavy atom. The number of hydrazone groups is 1. The Bertz CT molecular complexity index is 1410. The fourth-order valence-corrected chi connectivity index (χ4v) is 5.67. The highest BCUT2D eigenvalue weighted by Gasteiger charge is 2.28. The third-order valence-corrected chi connectivity index (χ3v) is 7.66. The van der Waals surface area contributed by atoms with Crippen molar-refractivity contribution in [3.05, 3.63) is 118 Å². The lowest BCUT2D eigenvalue weighted by molar-refractivity contribution is -0.118. The average Bonchev–Trinajstić information content (AvgIpc) is 3.26. The molecule has 1 N–H and O–H groups in total. The predicted molar refractivity (Wildman–Crippen MR) is 155 cm³/mol. The largest absolute Gasteiger partial charge is 0.490 e. The molecule has 0 atom stereocenters. The number of benzene rings is 4. The summed E-state index contributed by atoms with van der Waals surface area (Å²) in [4.78, 5) is 12.6. The van der Waals surface area contributed by atoms with Gasteiger partial charge in [0.25, 0.3) is 0 Å². The van der Waals surface area contributed by atoms with Crippen LogP contribution in [0.4, 0.5) is 0 Å². The molecule has 0 heterocycles. The van der Waals surface area contributed by atoms with Crippen LogP contribution < -0.4 is 14.9 Å². The minimum Gasteiger partial charge on any atom is -0.490 e. The molecule has 1 aliphatic carbocycles. The number of hydrogen-bond donors (Lipinski definition) is 1. The summed E-state index contributed by atoms with van der Waals surface area (Å²) in [5, 5.41) is 4.98. The normalized spacial score (nSPS) is 12.3. The van der Waals surface area contributed by atoms with E-state index in [0.717, 1.165) is 11.1 Å². The quantitative estimate of drug-likeness (QED) is 0.169. The Kier molecular flexibility index (Phi) is 8.31. The maximum Gasteiger partial charge on any atom is 0.250 e. The van der Waals surface area contributed by atoms with E-state index in [1.807, 2.05) is 61.5 Å². The highest BCUT2D eigenvalue weighted by molar-refractivity contribution is 8.00. The lowest BCUT2D eigenvalue weighted by atomic mass is 10.1. The van der Waals surface area contributed by atoms with Crippen molar-refractivity contribution in [2.75, 3.05) is 12.4 Å². The number of ether oxygens (including phenoxy) is 2. The van der Waals surface area contributed by atoms with Crippen LogP contribution in [0.15, 0.2) is 96.1 Å². The van der Waals surface area contributed by atoms with Crippen molar-refractivity contribution in [2.45, 2.75) is 18.8 Å². The molecule has 0 aromatic heterocycles. The molecule has 0 spiro atoms. The molecular weight excluding hydrogens is 516 g/mol. The smallest absolute Gasteiger partial charge is 0.250 e. The maximum atomic E-state index is 12.6. The van der Waals surface area contributed by atoms with E-state index >= 15 is 0 Å². The van der Waals surface area contributed by atoms with Gasteiger partial charge in [0.15, 0.2) is 11.5 Å². The molecule has 38 heavy (non-hydrogen) atoms. The lowest BCUT2D eigenvalue weighted by Gasteiger charge is -2.13. The van der Waals surface area contributed by atoms with Gasteiger partial charge in [0, 0.05) is 5.02 Å². The molecule has 5 rings (SSSR count). The summed E-state index contributed by atoms with van der Waals surface area (Å²) in [5.74, 6) is 1.40. The van der Waals surface area contributed by atoms with Gasteiger partial charge in [-0.3, -0.25) is 4.79 Å². The molecule has 0 aliphatic heterocycles. The van der Waals surface area contributed by atoms with Crippen molar-refractivity contribution in [3.8, 4) is 22.6 Å². The SMILES string of the molecule is CCOc1cc(/C=N\NC(=O)CSC2c3ccccc3-c3ccccc32)ccc1OCc1ccc(Cl)cc1. The van der Waals surface area contributed by atoms with E-state index in [-0.39, 0.29) is 11.2 Å². The van der Waals surface area contributed by atoms with Gasteiger partial charge in [0.05, 0.1) is 23.8 Å². The summed E-state index contributed by atoms with van der Waals surface area (Å²) in [7, 11) is 0. The van der Waals surface area contributed by atoms with E-state index in [4.69, 9.17) is 21.1 Å². The van der Waals surface area contributed by atoms with Crippen LogP contribution in [0.2, 0.25) is 5.02 Å². The zero-order chi connectivity index (χ0) is 26.3. The van der Waals surface area contributed by atoms with E-state index in [9.17, 15) is 4.79 Å². The van der Waals surface area contributed by atoms with Gasteiger partial charge >= 0.3 is 0 Å². The number of nitrogens with zero attached hydrogens (tertiary/aromatic N) is 1. The first-order valence-electron chi connectivity index (χ1n) is 12.4. The maximum absolute atomic E-state index is 12.6. The molecule has 5 nitrogen and oxygen atoms in total. The summed E-state index contributed by atoms with van der Waals surface area (Å²) < 4.78 is 11.7. The summed E-state index contributed by atoms with van der Waals surface area (Å²) >= 11 is 7.57. The Morgan fingerprint density at radius 3 is 2.29 bits per heavy atom. The zero-order valence-electron chi connectivity index (χ0n) is 20.9. The van der Waals surface area contributed by atoms with Crippen LogP contribution in [0.1, 0.15) is 34.4 Å². The number of carbonyl (C=O) groups excluding carboxylic acids is 1. The second kappa shape index (κ2) is 12.2. The number of rotatable bonds is 10. The molecule has 192 valence electrons. The second-order valence-electron chi connectivity index (χ2n) is 8.71. The molecule has 0 bridgehead atoms. The molecule has 4 aromatic carbocycles. The molecule has 7 heteroatoms. The zero-order valence-corrected chi connectivity index (χ0v) is 22.5. The number of carbonyl (C=O) groups is 1. The Morgan fingerprint density at radius 2 is 1.61 bits per heavy atom. The monoisotopic (exact) mass is 542 g/mol. The molecule has 4 aromatic rings.